The lowest BCUT2D eigenvalue weighted by atomic mass is 10.2. The number of carbonyl (C=O) groups is 4. The molecule has 0 saturated carbocycles. The van der Waals surface area contributed by atoms with E-state index in [9.17, 15) is 19.2 Å². The van der Waals surface area contributed by atoms with Crippen molar-refractivity contribution in [3.8, 4) is 0 Å². The fraction of sp³-hybridized carbons (Fsp3) is 0.333. The molecule has 0 spiro atoms. The minimum absolute atomic E-state index is 0.122. The summed E-state index contributed by atoms with van der Waals surface area (Å²) in [5.41, 5.74) is 2.16. The number of hydrogen-bond acceptors (Lipinski definition) is 6. The zero-order valence-electron chi connectivity index (χ0n) is 18.9. The second kappa shape index (κ2) is 13.7. The molecule has 0 aromatic heterocycles. The molecule has 0 unspecified atom stereocenters. The van der Waals surface area contributed by atoms with Gasteiger partial charge in [-0.05, 0) is 71.2 Å². The fourth-order valence-corrected chi connectivity index (χ4v) is 3.33. The van der Waals surface area contributed by atoms with Crippen molar-refractivity contribution < 1.29 is 28.7 Å². The van der Waals surface area contributed by atoms with Gasteiger partial charge in [-0.25, -0.2) is 4.79 Å². The Morgan fingerprint density at radius 2 is 1.68 bits per heavy atom. The Bertz CT molecular complexity index is 1040. The van der Waals surface area contributed by atoms with Gasteiger partial charge >= 0.3 is 11.9 Å². The van der Waals surface area contributed by atoms with Crippen molar-refractivity contribution in [2.24, 2.45) is 0 Å². The van der Waals surface area contributed by atoms with E-state index < -0.39 is 30.4 Å². The lowest BCUT2D eigenvalue weighted by Crippen LogP contribution is -2.22. The maximum atomic E-state index is 12.1. The van der Waals surface area contributed by atoms with Gasteiger partial charge in [0.1, 0.15) is 0 Å². The summed E-state index contributed by atoms with van der Waals surface area (Å²) >= 11 is 9.33. The van der Waals surface area contributed by atoms with Crippen molar-refractivity contribution in [2.75, 3.05) is 23.8 Å². The molecule has 2 rings (SSSR count). The van der Waals surface area contributed by atoms with E-state index in [2.05, 4.69) is 26.6 Å². The van der Waals surface area contributed by atoms with E-state index in [1.807, 2.05) is 6.92 Å². The van der Waals surface area contributed by atoms with Gasteiger partial charge in [0.15, 0.2) is 6.61 Å². The predicted octanol–water partition coefficient (Wildman–Crippen LogP) is 5.27. The first-order chi connectivity index (χ1) is 16.2. The first-order valence-corrected chi connectivity index (χ1v) is 11.8. The molecule has 0 heterocycles. The van der Waals surface area contributed by atoms with Crippen molar-refractivity contribution in [3.05, 3.63) is 57.0 Å². The topological polar surface area (TPSA) is 111 Å². The van der Waals surface area contributed by atoms with Crippen molar-refractivity contribution in [1.29, 1.82) is 0 Å². The van der Waals surface area contributed by atoms with E-state index in [1.165, 1.54) is 0 Å². The van der Waals surface area contributed by atoms with Crippen molar-refractivity contribution in [3.63, 3.8) is 0 Å². The summed E-state index contributed by atoms with van der Waals surface area (Å²) < 4.78 is 10.8. The monoisotopic (exact) mass is 552 g/mol. The van der Waals surface area contributed by atoms with Crippen molar-refractivity contribution >= 4 is 62.7 Å². The number of halogens is 2. The molecule has 0 aliphatic rings. The van der Waals surface area contributed by atoms with E-state index in [1.54, 1.807) is 43.3 Å². The van der Waals surface area contributed by atoms with E-state index in [0.29, 0.717) is 33.0 Å². The number of benzene rings is 2. The summed E-state index contributed by atoms with van der Waals surface area (Å²) in [6.45, 7) is 3.69. The largest absolute Gasteiger partial charge is 0.462 e. The third-order valence-electron chi connectivity index (χ3n) is 4.60. The van der Waals surface area contributed by atoms with Crippen LogP contribution in [0, 0.1) is 6.92 Å². The molecule has 2 N–H and O–H groups in total. The molecule has 0 bridgehead atoms. The standard InChI is InChI=1S/C24H26BrClN2O6/c1-3-4-11-33-24(32)16-5-7-17(8-6-16)27-21(29)9-10-23(31)34-14-22(30)28-20-13-19(26)18(25)12-15(20)2/h5-8,12-13H,3-4,9-11,14H2,1-2H3,(H,27,29)(H,28,30). The molecule has 0 saturated heterocycles. The summed E-state index contributed by atoms with van der Waals surface area (Å²) in [7, 11) is 0. The van der Waals surface area contributed by atoms with Crippen LogP contribution >= 0.6 is 27.5 Å². The van der Waals surface area contributed by atoms with Crippen LogP contribution in [0.15, 0.2) is 40.9 Å². The number of hydrogen-bond donors (Lipinski definition) is 2. The summed E-state index contributed by atoms with van der Waals surface area (Å²) in [5, 5.41) is 5.69. The number of carbonyl (C=O) groups excluding carboxylic acids is 4. The maximum Gasteiger partial charge on any atom is 0.338 e. The van der Waals surface area contributed by atoms with Crippen LogP contribution < -0.4 is 10.6 Å². The second-order valence-electron chi connectivity index (χ2n) is 7.41. The van der Waals surface area contributed by atoms with Crippen LogP contribution in [0.1, 0.15) is 48.5 Å². The number of unbranched alkanes of at least 4 members (excludes halogenated alkanes) is 1. The van der Waals surface area contributed by atoms with Gasteiger partial charge in [0, 0.05) is 22.3 Å². The summed E-state index contributed by atoms with van der Waals surface area (Å²) in [6, 6.07) is 9.61. The van der Waals surface area contributed by atoms with Gasteiger partial charge in [0.05, 0.1) is 23.6 Å². The average molecular weight is 554 g/mol. The predicted molar refractivity (Wildman–Crippen MR) is 133 cm³/mol. The summed E-state index contributed by atoms with van der Waals surface area (Å²) in [5.74, 6) is -2.02. The normalized spacial score (nSPS) is 10.4. The molecule has 182 valence electrons. The number of aryl methyl sites for hydroxylation is 1. The Balaban J connectivity index is 1.71. The molecule has 10 heteroatoms. The number of ether oxygens (including phenoxy) is 2. The SMILES string of the molecule is CCCCOC(=O)c1ccc(NC(=O)CCC(=O)OCC(=O)Nc2cc(Cl)c(Br)cc2C)cc1. The molecule has 2 amide bonds. The molecule has 2 aromatic carbocycles. The van der Waals surface area contributed by atoms with Gasteiger partial charge in [-0.3, -0.25) is 14.4 Å². The number of rotatable bonds is 11. The molecule has 0 fully saturated rings. The van der Waals surface area contributed by atoms with E-state index in [0.717, 1.165) is 18.4 Å². The lowest BCUT2D eigenvalue weighted by Gasteiger charge is -2.10. The smallest absolute Gasteiger partial charge is 0.338 e. The van der Waals surface area contributed by atoms with Gasteiger partial charge < -0.3 is 20.1 Å². The third kappa shape index (κ3) is 9.15. The van der Waals surface area contributed by atoms with Gasteiger partial charge in [-0.2, -0.15) is 0 Å². The quantitative estimate of drug-likeness (QED) is 0.290. The van der Waals surface area contributed by atoms with Crippen molar-refractivity contribution in [2.45, 2.75) is 39.5 Å². The molecule has 0 aliphatic heterocycles. The van der Waals surface area contributed by atoms with Gasteiger partial charge in [-0.15, -0.1) is 0 Å². The molecular formula is C24H26BrClN2O6. The lowest BCUT2D eigenvalue weighted by molar-refractivity contribution is -0.147. The highest BCUT2D eigenvalue weighted by Gasteiger charge is 2.13. The van der Waals surface area contributed by atoms with Crippen LogP contribution in [0.3, 0.4) is 0 Å². The van der Waals surface area contributed by atoms with Crippen LogP contribution in [0.25, 0.3) is 0 Å². The van der Waals surface area contributed by atoms with Crippen LogP contribution in [-0.4, -0.2) is 37.0 Å². The molecule has 8 nitrogen and oxygen atoms in total. The Hall–Kier alpha value is -2.91. The molecule has 0 atom stereocenters. The van der Waals surface area contributed by atoms with E-state index in [-0.39, 0.29) is 12.8 Å². The zero-order valence-corrected chi connectivity index (χ0v) is 21.3. The first kappa shape index (κ1) is 27.3. The molecule has 34 heavy (non-hydrogen) atoms. The van der Waals surface area contributed by atoms with E-state index >= 15 is 0 Å². The number of anilines is 2. The fourth-order valence-electron chi connectivity index (χ4n) is 2.71. The molecular weight excluding hydrogens is 528 g/mol. The third-order valence-corrected chi connectivity index (χ3v) is 5.79. The Morgan fingerprint density at radius 1 is 0.971 bits per heavy atom. The van der Waals surface area contributed by atoms with Crippen LogP contribution in [0.4, 0.5) is 11.4 Å². The van der Waals surface area contributed by atoms with Crippen LogP contribution in [0.2, 0.25) is 5.02 Å². The first-order valence-electron chi connectivity index (χ1n) is 10.7. The second-order valence-corrected chi connectivity index (χ2v) is 8.67. The Morgan fingerprint density at radius 3 is 2.35 bits per heavy atom. The van der Waals surface area contributed by atoms with Gasteiger partial charge in [0.2, 0.25) is 5.91 Å². The minimum atomic E-state index is -0.680. The molecule has 0 aliphatic carbocycles. The number of esters is 2. The minimum Gasteiger partial charge on any atom is -0.462 e. The van der Waals surface area contributed by atoms with Gasteiger partial charge in [0.25, 0.3) is 5.91 Å². The molecule has 2 aromatic rings. The number of nitrogens with one attached hydrogen (secondary N) is 2. The maximum absolute atomic E-state index is 12.1. The summed E-state index contributed by atoms with van der Waals surface area (Å²) in [6.07, 6.45) is 1.42. The molecule has 0 radical (unpaired) electrons. The van der Waals surface area contributed by atoms with Crippen molar-refractivity contribution in [1.82, 2.24) is 0 Å². The Labute approximate surface area is 211 Å². The average Bonchev–Trinajstić information content (AvgIpc) is 2.80. The number of amides is 2. The van der Waals surface area contributed by atoms with Crippen LogP contribution in [0.5, 0.6) is 0 Å². The highest BCUT2D eigenvalue weighted by molar-refractivity contribution is 9.10. The van der Waals surface area contributed by atoms with Crippen LogP contribution in [-0.2, 0) is 23.9 Å². The van der Waals surface area contributed by atoms with Gasteiger partial charge in [-0.1, -0.05) is 24.9 Å². The Kier molecular flexibility index (Phi) is 11.0. The van der Waals surface area contributed by atoms with E-state index in [4.69, 9.17) is 21.1 Å². The summed E-state index contributed by atoms with van der Waals surface area (Å²) in [4.78, 5) is 47.9. The zero-order chi connectivity index (χ0) is 25.1. The highest BCUT2D eigenvalue weighted by Crippen LogP contribution is 2.28. The highest BCUT2D eigenvalue weighted by atomic mass is 79.9.